The maximum atomic E-state index is 12.1. The van der Waals surface area contributed by atoms with E-state index in [9.17, 15) is 14.9 Å². The number of thiophene rings is 1. The van der Waals surface area contributed by atoms with Crippen LogP contribution in [0.5, 0.6) is 0 Å². The zero-order chi connectivity index (χ0) is 17.8. The minimum Gasteiger partial charge on any atom is -0.422 e. The smallest absolute Gasteiger partial charge is 0.422 e. The van der Waals surface area contributed by atoms with Crippen molar-refractivity contribution in [2.24, 2.45) is 0 Å². The molecule has 1 unspecified atom stereocenters. The molecule has 3 aromatic heterocycles. The summed E-state index contributed by atoms with van der Waals surface area (Å²) in [5.41, 5.74) is 1.84. The first-order valence-corrected chi connectivity index (χ1v) is 9.00. The first-order valence-electron chi connectivity index (χ1n) is 7.71. The van der Waals surface area contributed by atoms with Gasteiger partial charge in [0.05, 0.1) is 24.4 Å². The van der Waals surface area contributed by atoms with Gasteiger partial charge in [0.1, 0.15) is 22.1 Å². The van der Waals surface area contributed by atoms with Crippen LogP contribution in [0.2, 0.25) is 0 Å². The van der Waals surface area contributed by atoms with E-state index in [1.807, 2.05) is 12.1 Å². The lowest BCUT2D eigenvalue weighted by atomic mass is 10.2. The van der Waals surface area contributed by atoms with E-state index >= 15 is 0 Å². The highest BCUT2D eigenvalue weighted by atomic mass is 32.2. The molecule has 0 aliphatic heterocycles. The number of nitrogens with zero attached hydrogens (tertiary/aromatic N) is 2. The van der Waals surface area contributed by atoms with Gasteiger partial charge in [-0.1, -0.05) is 6.07 Å². The van der Waals surface area contributed by atoms with Crippen molar-refractivity contribution in [3.63, 3.8) is 0 Å². The Hall–Kier alpha value is -3.11. The third-order valence-corrected chi connectivity index (χ3v) is 5.48. The summed E-state index contributed by atoms with van der Waals surface area (Å²) in [6, 6.07) is 12.4. The summed E-state index contributed by atoms with van der Waals surface area (Å²) >= 11 is 0. The van der Waals surface area contributed by atoms with E-state index in [0.717, 1.165) is 11.2 Å². The van der Waals surface area contributed by atoms with Crippen LogP contribution in [0.15, 0.2) is 52.8 Å². The van der Waals surface area contributed by atoms with Gasteiger partial charge in [-0.2, -0.15) is 10.1 Å². The number of nitriles is 1. The fourth-order valence-corrected chi connectivity index (χ4v) is 4.11. The molecule has 3 rings (SSSR count). The normalized spacial score (nSPS) is 11.1. The zero-order valence-corrected chi connectivity index (χ0v) is 14.4. The molecule has 7 heteroatoms. The number of hydrogen-bond donors (Lipinski definition) is 1. The standard InChI is InChI=1S/C18H16N3O3S/c1-2-24-18(23)25-10-8-13(11-19)16(25)12-20-14-6-7-17(22)21-9-4-3-5-15(14)21/h3-10,20H,2,12H2,1H3/q+1. The molecule has 0 amide bonds. The predicted molar refractivity (Wildman–Crippen MR) is 97.0 cm³/mol. The Balaban J connectivity index is 1.94. The van der Waals surface area contributed by atoms with Crippen molar-refractivity contribution >= 4 is 27.0 Å². The summed E-state index contributed by atoms with van der Waals surface area (Å²) in [6.07, 6.45) is 1.70. The quantitative estimate of drug-likeness (QED) is 0.560. The molecule has 0 bridgehead atoms. The molecule has 0 spiro atoms. The summed E-state index contributed by atoms with van der Waals surface area (Å²) in [6.45, 7) is 2.37. The van der Waals surface area contributed by atoms with Crippen LogP contribution >= 0.6 is 10.5 Å². The van der Waals surface area contributed by atoms with E-state index in [2.05, 4.69) is 11.4 Å². The van der Waals surface area contributed by atoms with E-state index in [-0.39, 0.29) is 10.9 Å². The third kappa shape index (κ3) is 3.25. The zero-order valence-electron chi connectivity index (χ0n) is 13.6. The molecule has 6 nitrogen and oxygen atoms in total. The SMILES string of the molecule is CCOC(=O)[s+]1ccc(C#N)c1CNc1ccc(=O)n2ccccc12. The van der Waals surface area contributed by atoms with Crippen LogP contribution in [-0.2, 0) is 11.3 Å². The number of hydrogen-bond acceptors (Lipinski definition) is 5. The Morgan fingerprint density at radius 1 is 1.32 bits per heavy atom. The second kappa shape index (κ2) is 7.20. The second-order valence-corrected chi connectivity index (χ2v) is 6.94. The number of pyridine rings is 2. The van der Waals surface area contributed by atoms with Gasteiger partial charge in [-0.3, -0.25) is 9.20 Å². The average molecular weight is 354 g/mol. The van der Waals surface area contributed by atoms with Crippen LogP contribution in [0.25, 0.3) is 5.52 Å². The highest BCUT2D eigenvalue weighted by Gasteiger charge is 2.28. The monoisotopic (exact) mass is 354 g/mol. The minimum atomic E-state index is -0.867. The van der Waals surface area contributed by atoms with Gasteiger partial charge in [0, 0.05) is 18.3 Å². The molecule has 1 atom stereocenters. The highest BCUT2D eigenvalue weighted by Crippen LogP contribution is 2.31. The van der Waals surface area contributed by atoms with Crippen molar-refractivity contribution < 1.29 is 9.53 Å². The van der Waals surface area contributed by atoms with E-state index in [4.69, 9.17) is 4.74 Å². The number of carbonyl (C=O) groups excluding carboxylic acids is 1. The van der Waals surface area contributed by atoms with Crippen LogP contribution in [0.4, 0.5) is 10.5 Å². The molecule has 0 saturated carbocycles. The van der Waals surface area contributed by atoms with Gasteiger partial charge in [-0.05, 0) is 25.1 Å². The molecule has 126 valence electrons. The largest absolute Gasteiger partial charge is 0.554 e. The van der Waals surface area contributed by atoms with Crippen LogP contribution in [0.3, 0.4) is 0 Å². The number of anilines is 1. The van der Waals surface area contributed by atoms with Gasteiger partial charge in [-0.25, -0.2) is 0 Å². The summed E-state index contributed by atoms with van der Waals surface area (Å²) in [4.78, 5) is 24.7. The molecule has 3 heterocycles. The maximum Gasteiger partial charge on any atom is 0.554 e. The van der Waals surface area contributed by atoms with Gasteiger partial charge in [0.2, 0.25) is 0 Å². The Bertz CT molecular complexity index is 1030. The summed E-state index contributed by atoms with van der Waals surface area (Å²) in [5.74, 6) is 0. The third-order valence-electron chi connectivity index (χ3n) is 3.70. The Labute approximate surface area is 146 Å². The number of carbonyl (C=O) groups is 1. The van der Waals surface area contributed by atoms with E-state index < -0.39 is 10.5 Å². The minimum absolute atomic E-state index is 0.119. The molecule has 0 aromatic carbocycles. The van der Waals surface area contributed by atoms with Crippen molar-refractivity contribution in [3.8, 4) is 6.07 Å². The number of aromatic nitrogens is 1. The summed E-state index contributed by atoms with van der Waals surface area (Å²) < 4.78 is 6.63. The van der Waals surface area contributed by atoms with Gasteiger partial charge in [0.15, 0.2) is 10.3 Å². The topological polar surface area (TPSA) is 83.6 Å². The maximum absolute atomic E-state index is 12.1. The van der Waals surface area contributed by atoms with Gasteiger partial charge in [-0.15, -0.1) is 0 Å². The van der Waals surface area contributed by atoms with Gasteiger partial charge >= 0.3 is 5.30 Å². The van der Waals surface area contributed by atoms with Gasteiger partial charge in [0.25, 0.3) is 5.56 Å². The molecule has 1 N–H and O–H groups in total. The number of ether oxygens (including phenoxy) is 1. The fraction of sp³-hybridized carbons (Fsp3) is 0.167. The van der Waals surface area contributed by atoms with Crippen molar-refractivity contribution in [1.82, 2.24) is 4.40 Å². The lowest BCUT2D eigenvalue weighted by Crippen LogP contribution is -2.13. The molecule has 0 saturated heterocycles. The summed E-state index contributed by atoms with van der Waals surface area (Å²) in [5, 5.41) is 13.9. The predicted octanol–water partition coefficient (Wildman–Crippen LogP) is 3.54. The number of nitrogens with one attached hydrogen (secondary N) is 1. The van der Waals surface area contributed by atoms with E-state index in [0.29, 0.717) is 23.6 Å². The Kier molecular flexibility index (Phi) is 4.82. The van der Waals surface area contributed by atoms with Crippen LogP contribution in [0.1, 0.15) is 17.4 Å². The summed E-state index contributed by atoms with van der Waals surface area (Å²) in [7, 11) is -0.867. The number of fused-ring (bicyclic) bond motifs is 1. The highest BCUT2D eigenvalue weighted by molar-refractivity contribution is 7.49. The van der Waals surface area contributed by atoms with E-state index in [1.165, 1.54) is 6.07 Å². The van der Waals surface area contributed by atoms with E-state index in [1.54, 1.807) is 41.1 Å². The lowest BCUT2D eigenvalue weighted by molar-refractivity contribution is 0.180. The fourth-order valence-electron chi connectivity index (χ4n) is 2.54. The second-order valence-electron chi connectivity index (χ2n) is 5.17. The molecule has 25 heavy (non-hydrogen) atoms. The Morgan fingerprint density at radius 2 is 2.16 bits per heavy atom. The van der Waals surface area contributed by atoms with Gasteiger partial charge < -0.3 is 10.1 Å². The van der Waals surface area contributed by atoms with Crippen molar-refractivity contribution in [3.05, 3.63) is 68.8 Å². The molecule has 0 aliphatic rings. The first-order chi connectivity index (χ1) is 12.2. The number of rotatable bonds is 5. The molecule has 0 aliphatic carbocycles. The van der Waals surface area contributed by atoms with Crippen LogP contribution in [0, 0.1) is 11.3 Å². The molecular weight excluding hydrogens is 338 g/mol. The van der Waals surface area contributed by atoms with Crippen LogP contribution in [-0.4, -0.2) is 16.3 Å². The average Bonchev–Trinajstić information content (AvgIpc) is 3.05. The lowest BCUT2D eigenvalue weighted by Gasteiger charge is -2.08. The molecular formula is C18H16N3O3S+. The first kappa shape index (κ1) is 16.7. The molecule has 0 fully saturated rings. The molecule has 0 radical (unpaired) electrons. The Morgan fingerprint density at radius 3 is 2.92 bits per heavy atom. The van der Waals surface area contributed by atoms with Crippen molar-refractivity contribution in [2.75, 3.05) is 11.9 Å². The molecule has 3 aromatic rings. The van der Waals surface area contributed by atoms with Crippen molar-refractivity contribution in [2.45, 2.75) is 13.5 Å². The van der Waals surface area contributed by atoms with Crippen molar-refractivity contribution in [1.29, 1.82) is 5.26 Å². The van der Waals surface area contributed by atoms with Crippen LogP contribution < -0.4 is 10.9 Å².